The fourth-order valence-electron chi connectivity index (χ4n) is 3.27. The van der Waals surface area contributed by atoms with Gasteiger partial charge < -0.3 is 0 Å². The van der Waals surface area contributed by atoms with Crippen LogP contribution in [0.1, 0.15) is 37.5 Å². The van der Waals surface area contributed by atoms with E-state index >= 15 is 0 Å². The van der Waals surface area contributed by atoms with Gasteiger partial charge in [0.15, 0.2) is 0 Å². The zero-order chi connectivity index (χ0) is 19.7. The molecule has 0 saturated heterocycles. The van der Waals surface area contributed by atoms with Crippen molar-refractivity contribution < 1.29 is 19.9 Å². The first-order valence-corrected chi connectivity index (χ1v) is 9.51. The topological polar surface area (TPSA) is 33.1 Å². The summed E-state index contributed by atoms with van der Waals surface area (Å²) < 4.78 is 0. The fourth-order valence-corrected chi connectivity index (χ4v) is 3.75. The third-order valence-corrected chi connectivity index (χ3v) is 5.43. The Hall–Kier alpha value is -1.89. The van der Waals surface area contributed by atoms with E-state index in [1.165, 1.54) is 0 Å². The normalized spacial score (nSPS) is 13.7. The second-order valence-corrected chi connectivity index (χ2v) is 8.21. The average molecular weight is 422 g/mol. The first-order valence-electron chi connectivity index (χ1n) is 8.64. The van der Waals surface area contributed by atoms with Gasteiger partial charge in [0.1, 0.15) is 0 Å². The fraction of sp³-hybridized carbons (Fsp3) is 0.217. The number of pyridine rings is 1. The summed E-state index contributed by atoms with van der Waals surface area (Å²) in [6.45, 7) is 5.98. The van der Waals surface area contributed by atoms with Crippen molar-refractivity contribution >= 4 is 11.6 Å². The number of aromatic nitrogens is 1. The van der Waals surface area contributed by atoms with Gasteiger partial charge >= 0.3 is 156 Å². The Bertz CT molecular complexity index is 988. The number of aliphatic hydroxyl groups is 1. The molecule has 0 spiro atoms. The molecule has 1 aromatic heterocycles. The van der Waals surface area contributed by atoms with Crippen LogP contribution in [0.25, 0.3) is 11.1 Å². The van der Waals surface area contributed by atoms with Crippen molar-refractivity contribution in [2.45, 2.75) is 26.4 Å². The Morgan fingerprint density at radius 1 is 1.00 bits per heavy atom. The van der Waals surface area contributed by atoms with E-state index in [-0.39, 0.29) is 0 Å². The van der Waals surface area contributed by atoms with E-state index in [0.29, 0.717) is 16.1 Å². The van der Waals surface area contributed by atoms with Crippen molar-refractivity contribution in [3.05, 3.63) is 88.7 Å². The van der Waals surface area contributed by atoms with Gasteiger partial charge in [0.05, 0.1) is 0 Å². The van der Waals surface area contributed by atoms with Crippen molar-refractivity contribution in [1.29, 1.82) is 0 Å². The van der Waals surface area contributed by atoms with Crippen molar-refractivity contribution in [1.82, 2.24) is 4.98 Å². The van der Waals surface area contributed by atoms with Crippen molar-refractivity contribution in [2.24, 2.45) is 5.41 Å². The molecular formula is C23H21ClNNiO. The third-order valence-electron chi connectivity index (χ3n) is 4.83. The number of rotatable bonds is 3. The SMILES string of the molecule is CC(C)(C)C(O)(c1cccnc1)c1ccc(-c2ccc([C]#[Ni])cc2)cc1Cl. The predicted molar refractivity (Wildman–Crippen MR) is 107 cm³/mol. The first-order chi connectivity index (χ1) is 12.8. The van der Waals surface area contributed by atoms with Gasteiger partial charge in [-0.15, -0.1) is 0 Å². The van der Waals surface area contributed by atoms with E-state index in [2.05, 4.69) is 24.6 Å². The van der Waals surface area contributed by atoms with Gasteiger partial charge in [0, 0.05) is 6.20 Å². The summed E-state index contributed by atoms with van der Waals surface area (Å²) in [5.74, 6) is 0. The molecule has 0 aliphatic heterocycles. The van der Waals surface area contributed by atoms with Crippen molar-refractivity contribution in [3.8, 4) is 15.9 Å². The van der Waals surface area contributed by atoms with E-state index < -0.39 is 11.0 Å². The molecule has 1 N–H and O–H groups in total. The standard InChI is InChI=1S/C23H21ClNO.Ni/c1-16-7-9-17(10-8-16)18-11-12-20(21(24)14-18)23(26,22(2,3)4)19-6-5-13-25-15-19;/h5-15,26H,2-4H3;. The van der Waals surface area contributed by atoms with Gasteiger partial charge in [-0.05, 0) is 6.07 Å². The Balaban J connectivity index is 2.11. The second kappa shape index (κ2) is 7.62. The van der Waals surface area contributed by atoms with E-state index in [1.807, 2.05) is 75.4 Å². The maximum atomic E-state index is 11.8. The van der Waals surface area contributed by atoms with Gasteiger partial charge in [-0.25, -0.2) is 0 Å². The molecule has 0 saturated carbocycles. The van der Waals surface area contributed by atoms with E-state index in [4.69, 9.17) is 11.6 Å². The van der Waals surface area contributed by atoms with Crippen LogP contribution in [0.4, 0.5) is 0 Å². The quantitative estimate of drug-likeness (QED) is 0.564. The molecule has 1 unspecified atom stereocenters. The Labute approximate surface area is 172 Å². The van der Waals surface area contributed by atoms with Crippen LogP contribution < -0.4 is 0 Å². The maximum absolute atomic E-state index is 11.8. The van der Waals surface area contributed by atoms with Crippen LogP contribution in [-0.4, -0.2) is 10.1 Å². The molecule has 0 amide bonds. The molecule has 0 aliphatic carbocycles. The molecule has 2 nitrogen and oxygen atoms in total. The molecule has 0 aliphatic rings. The summed E-state index contributed by atoms with van der Waals surface area (Å²) in [6, 6.07) is 17.3. The number of nitrogens with zero attached hydrogens (tertiary/aromatic N) is 1. The zero-order valence-corrected chi connectivity index (χ0v) is 17.2. The molecular weight excluding hydrogens is 400 g/mol. The molecule has 0 fully saturated rings. The molecule has 1 heterocycles. The van der Waals surface area contributed by atoms with Crippen molar-refractivity contribution in [3.63, 3.8) is 0 Å². The summed E-state index contributed by atoms with van der Waals surface area (Å²) in [5, 5.41) is 12.3. The predicted octanol–water partition coefficient (Wildman–Crippen LogP) is 5.54. The summed E-state index contributed by atoms with van der Waals surface area (Å²) >= 11 is 11.2. The summed E-state index contributed by atoms with van der Waals surface area (Å²) in [4.78, 5) is 6.93. The van der Waals surface area contributed by atoms with Gasteiger partial charge in [-0.2, -0.15) is 0 Å². The zero-order valence-electron chi connectivity index (χ0n) is 15.4. The van der Waals surface area contributed by atoms with E-state index in [9.17, 15) is 5.11 Å². The molecule has 4 heteroatoms. The van der Waals surface area contributed by atoms with Gasteiger partial charge in [0.2, 0.25) is 0 Å². The minimum absolute atomic E-state index is 0.487. The molecule has 3 aromatic rings. The number of halogens is 1. The number of hydrogen-bond acceptors (Lipinski definition) is 2. The van der Waals surface area contributed by atoms with Crippen LogP contribution in [0, 0.1) is 10.2 Å². The van der Waals surface area contributed by atoms with Crippen LogP contribution >= 0.6 is 11.6 Å². The Morgan fingerprint density at radius 3 is 2.19 bits per heavy atom. The first kappa shape index (κ1) is 19.9. The molecule has 1 atom stereocenters. The minimum atomic E-state index is -1.27. The summed E-state index contributed by atoms with van der Waals surface area (Å²) in [7, 11) is 0. The number of benzene rings is 2. The Kier molecular flexibility index (Phi) is 5.61. The molecule has 0 radical (unpaired) electrons. The van der Waals surface area contributed by atoms with Crippen LogP contribution in [0.5, 0.6) is 0 Å². The molecule has 27 heavy (non-hydrogen) atoms. The van der Waals surface area contributed by atoms with Gasteiger partial charge in [-0.3, -0.25) is 4.98 Å². The van der Waals surface area contributed by atoms with E-state index in [0.717, 1.165) is 16.7 Å². The number of hydrogen-bond donors (Lipinski definition) is 1. The molecule has 2 aromatic carbocycles. The van der Waals surface area contributed by atoms with Crippen LogP contribution in [0.2, 0.25) is 5.02 Å². The van der Waals surface area contributed by atoms with Gasteiger partial charge in [-0.1, -0.05) is 0 Å². The summed E-state index contributed by atoms with van der Waals surface area (Å²) in [6.07, 6.45) is 3.39. The van der Waals surface area contributed by atoms with Gasteiger partial charge in [0.25, 0.3) is 0 Å². The summed E-state index contributed by atoms with van der Waals surface area (Å²) in [5.41, 5.74) is 2.52. The van der Waals surface area contributed by atoms with Crippen molar-refractivity contribution in [2.75, 3.05) is 0 Å². The van der Waals surface area contributed by atoms with E-state index in [1.54, 1.807) is 12.4 Å². The van der Waals surface area contributed by atoms with Crippen LogP contribution in [0.3, 0.4) is 0 Å². The van der Waals surface area contributed by atoms with Crippen LogP contribution in [-0.2, 0) is 20.4 Å². The molecule has 3 rings (SSSR count). The second-order valence-electron chi connectivity index (χ2n) is 7.55. The van der Waals surface area contributed by atoms with Crippen LogP contribution in [0.15, 0.2) is 67.0 Å². The Morgan fingerprint density at radius 2 is 1.67 bits per heavy atom. The monoisotopic (exact) mass is 420 g/mol. The third kappa shape index (κ3) is 3.74. The molecule has 141 valence electrons. The average Bonchev–Trinajstić information content (AvgIpc) is 2.67. The molecule has 0 bridgehead atoms.